The van der Waals surface area contributed by atoms with E-state index < -0.39 is 0 Å². The number of aryl methyl sites for hydroxylation is 1. The molecule has 3 heteroatoms. The third kappa shape index (κ3) is 1.40. The number of thiophene rings is 1. The summed E-state index contributed by atoms with van der Waals surface area (Å²) in [6.07, 6.45) is 0.912. The molecule has 1 N–H and O–H groups in total. The van der Waals surface area contributed by atoms with Crippen LogP contribution in [-0.4, -0.2) is 5.11 Å². The van der Waals surface area contributed by atoms with Crippen molar-refractivity contribution in [3.05, 3.63) is 28.1 Å². The van der Waals surface area contributed by atoms with Crippen molar-refractivity contribution in [1.82, 2.24) is 0 Å². The third-order valence-corrected chi connectivity index (χ3v) is 3.54. The Balaban J connectivity index is 2.80. The van der Waals surface area contributed by atoms with Gasteiger partial charge in [0.25, 0.3) is 0 Å². The molecule has 1 aromatic carbocycles. The van der Waals surface area contributed by atoms with Gasteiger partial charge >= 0.3 is 0 Å². The molecule has 0 aliphatic rings. The summed E-state index contributed by atoms with van der Waals surface area (Å²) in [7, 11) is 0. The minimum atomic E-state index is 0.339. The number of aromatic hydroxyl groups is 1. The van der Waals surface area contributed by atoms with E-state index in [1.165, 1.54) is 11.3 Å². The van der Waals surface area contributed by atoms with Crippen LogP contribution in [0, 0.1) is 0 Å². The maximum absolute atomic E-state index is 9.65. The maximum atomic E-state index is 9.65. The zero-order valence-corrected chi connectivity index (χ0v) is 8.75. The largest absolute Gasteiger partial charge is 0.506 e. The second-order valence-corrected chi connectivity index (χ2v) is 4.22. The first kappa shape index (κ1) is 8.85. The van der Waals surface area contributed by atoms with Crippen LogP contribution in [-0.2, 0) is 6.42 Å². The quantitative estimate of drug-likeness (QED) is 0.762. The lowest BCUT2D eigenvalue weighted by molar-refractivity contribution is 0.482. The highest BCUT2D eigenvalue weighted by Gasteiger charge is 2.07. The second kappa shape index (κ2) is 3.20. The number of halogens is 1. The minimum Gasteiger partial charge on any atom is -0.506 e. The predicted molar refractivity (Wildman–Crippen MR) is 57.9 cm³/mol. The molecule has 0 fully saturated rings. The summed E-state index contributed by atoms with van der Waals surface area (Å²) in [6, 6.07) is 3.84. The number of phenols is 1. The molecule has 0 aliphatic heterocycles. The molecule has 2 rings (SSSR count). The normalized spacial score (nSPS) is 10.9. The molecule has 2 aromatic rings. The Labute approximate surface area is 85.6 Å². The number of fused-ring (bicyclic) bond motifs is 1. The molecule has 1 aromatic heterocycles. The van der Waals surface area contributed by atoms with E-state index in [1.54, 1.807) is 6.07 Å². The Morgan fingerprint density at radius 1 is 1.46 bits per heavy atom. The van der Waals surface area contributed by atoms with Gasteiger partial charge in [-0.2, -0.15) is 0 Å². The molecule has 68 valence electrons. The highest BCUT2D eigenvalue weighted by molar-refractivity contribution is 7.18. The second-order valence-electron chi connectivity index (χ2n) is 2.93. The van der Waals surface area contributed by atoms with E-state index in [0.717, 1.165) is 27.1 Å². The molecule has 0 saturated heterocycles. The number of phenolic OH excluding ortho intramolecular Hbond substituents is 1. The fourth-order valence-electron chi connectivity index (χ4n) is 1.35. The van der Waals surface area contributed by atoms with E-state index in [0.29, 0.717) is 5.75 Å². The summed E-state index contributed by atoms with van der Waals surface area (Å²) in [6.45, 7) is 2.06. The molecule has 1 heterocycles. The smallest absolute Gasteiger partial charge is 0.133 e. The molecule has 0 aliphatic carbocycles. The van der Waals surface area contributed by atoms with Gasteiger partial charge in [-0.05, 0) is 24.1 Å². The summed E-state index contributed by atoms with van der Waals surface area (Å²) in [5, 5.41) is 13.2. The lowest BCUT2D eigenvalue weighted by Gasteiger charge is -1.99. The highest BCUT2D eigenvalue weighted by atomic mass is 35.5. The van der Waals surface area contributed by atoms with Gasteiger partial charge in [0.2, 0.25) is 0 Å². The Hall–Kier alpha value is -0.730. The molecular weight excluding hydrogens is 204 g/mol. The number of hydrogen-bond donors (Lipinski definition) is 1. The summed E-state index contributed by atoms with van der Waals surface area (Å²) >= 11 is 7.45. The van der Waals surface area contributed by atoms with Crippen molar-refractivity contribution in [1.29, 1.82) is 0 Å². The van der Waals surface area contributed by atoms with Crippen LogP contribution in [0.3, 0.4) is 0 Å². The monoisotopic (exact) mass is 212 g/mol. The average Bonchev–Trinajstić information content (AvgIpc) is 2.48. The summed E-state index contributed by atoms with van der Waals surface area (Å²) < 4.78 is 0.877. The SMILES string of the molecule is CCc1cc(O)c2scc(Cl)c2c1. The Bertz CT molecular complexity index is 447. The van der Waals surface area contributed by atoms with Gasteiger partial charge in [0.15, 0.2) is 0 Å². The molecule has 1 nitrogen and oxygen atoms in total. The molecule has 0 radical (unpaired) electrons. The zero-order valence-electron chi connectivity index (χ0n) is 7.17. The molecule has 0 saturated carbocycles. The molecule has 0 atom stereocenters. The zero-order chi connectivity index (χ0) is 9.42. The van der Waals surface area contributed by atoms with E-state index in [-0.39, 0.29) is 0 Å². The van der Waals surface area contributed by atoms with Gasteiger partial charge in [-0.1, -0.05) is 18.5 Å². The van der Waals surface area contributed by atoms with Crippen molar-refractivity contribution >= 4 is 33.0 Å². The van der Waals surface area contributed by atoms with Gasteiger partial charge in [0.05, 0.1) is 9.72 Å². The van der Waals surface area contributed by atoms with Crippen molar-refractivity contribution in [2.45, 2.75) is 13.3 Å². The van der Waals surface area contributed by atoms with Gasteiger partial charge in [-0.15, -0.1) is 11.3 Å². The number of hydrogen-bond acceptors (Lipinski definition) is 2. The Morgan fingerprint density at radius 3 is 2.92 bits per heavy atom. The van der Waals surface area contributed by atoms with Crippen molar-refractivity contribution in [2.75, 3.05) is 0 Å². The topological polar surface area (TPSA) is 20.2 Å². The minimum absolute atomic E-state index is 0.339. The molecule has 0 unspecified atom stereocenters. The maximum Gasteiger partial charge on any atom is 0.133 e. The molecular formula is C10H9ClOS. The summed E-state index contributed by atoms with van der Waals surface area (Å²) in [5.41, 5.74) is 1.12. The van der Waals surface area contributed by atoms with E-state index in [1.807, 2.05) is 11.4 Å². The van der Waals surface area contributed by atoms with Crippen LogP contribution >= 0.6 is 22.9 Å². The fraction of sp³-hybridized carbons (Fsp3) is 0.200. The van der Waals surface area contributed by atoms with Crippen LogP contribution in [0.25, 0.3) is 10.1 Å². The molecule has 0 amide bonds. The van der Waals surface area contributed by atoms with E-state index in [9.17, 15) is 5.11 Å². The lowest BCUT2D eigenvalue weighted by Crippen LogP contribution is -1.78. The average molecular weight is 213 g/mol. The highest BCUT2D eigenvalue weighted by Crippen LogP contribution is 2.36. The van der Waals surface area contributed by atoms with Gasteiger partial charge in [0, 0.05) is 10.8 Å². The van der Waals surface area contributed by atoms with Gasteiger partial charge in [0.1, 0.15) is 5.75 Å². The van der Waals surface area contributed by atoms with E-state index >= 15 is 0 Å². The van der Waals surface area contributed by atoms with Gasteiger partial charge in [-0.3, -0.25) is 0 Å². The first-order valence-electron chi connectivity index (χ1n) is 4.11. The first-order valence-corrected chi connectivity index (χ1v) is 5.36. The molecule has 0 spiro atoms. The first-order chi connectivity index (χ1) is 6.22. The van der Waals surface area contributed by atoms with Crippen molar-refractivity contribution in [2.24, 2.45) is 0 Å². The summed E-state index contributed by atoms with van der Waals surface area (Å²) in [4.78, 5) is 0. The van der Waals surface area contributed by atoms with Crippen LogP contribution in [0.5, 0.6) is 5.75 Å². The Morgan fingerprint density at radius 2 is 2.23 bits per heavy atom. The lowest BCUT2D eigenvalue weighted by atomic mass is 10.1. The van der Waals surface area contributed by atoms with Crippen molar-refractivity contribution in [3.63, 3.8) is 0 Å². The number of benzene rings is 1. The van der Waals surface area contributed by atoms with Crippen molar-refractivity contribution < 1.29 is 5.11 Å². The van der Waals surface area contributed by atoms with Crippen molar-refractivity contribution in [3.8, 4) is 5.75 Å². The van der Waals surface area contributed by atoms with E-state index in [4.69, 9.17) is 11.6 Å². The van der Waals surface area contributed by atoms with Crippen LogP contribution in [0.1, 0.15) is 12.5 Å². The van der Waals surface area contributed by atoms with Crippen LogP contribution in [0.2, 0.25) is 5.02 Å². The third-order valence-electron chi connectivity index (χ3n) is 2.07. The van der Waals surface area contributed by atoms with E-state index in [2.05, 4.69) is 6.92 Å². The predicted octanol–water partition coefficient (Wildman–Crippen LogP) is 3.82. The molecule has 0 bridgehead atoms. The van der Waals surface area contributed by atoms with Gasteiger partial charge in [-0.25, -0.2) is 0 Å². The molecule has 13 heavy (non-hydrogen) atoms. The fourth-order valence-corrected chi connectivity index (χ4v) is 2.51. The summed E-state index contributed by atoms with van der Waals surface area (Å²) in [5.74, 6) is 0.339. The van der Waals surface area contributed by atoms with Crippen LogP contribution < -0.4 is 0 Å². The van der Waals surface area contributed by atoms with Gasteiger partial charge < -0.3 is 5.11 Å². The Kier molecular flexibility index (Phi) is 2.18. The standard InChI is InChI=1S/C10H9ClOS/c1-2-6-3-7-8(11)5-13-10(7)9(12)4-6/h3-5,12H,2H2,1H3. The van der Waals surface area contributed by atoms with Crippen LogP contribution in [0.15, 0.2) is 17.5 Å². The number of rotatable bonds is 1. The van der Waals surface area contributed by atoms with Crippen LogP contribution in [0.4, 0.5) is 0 Å².